The van der Waals surface area contributed by atoms with E-state index in [2.05, 4.69) is 18.4 Å². The Balaban J connectivity index is 3.56. The highest BCUT2D eigenvalue weighted by atomic mass is 16.5. The molecule has 0 heterocycles. The molecule has 0 amide bonds. The van der Waals surface area contributed by atoms with E-state index in [0.717, 1.165) is 6.42 Å². The maximum absolute atomic E-state index is 11.0. The van der Waals surface area contributed by atoms with Crippen molar-refractivity contribution in [1.82, 2.24) is 4.90 Å². The molecular formula is C10H19NO2. The molecular weight excluding hydrogens is 166 g/mol. The number of carbonyl (C=O) groups is 1. The van der Waals surface area contributed by atoms with Crippen LogP contribution < -0.4 is 0 Å². The van der Waals surface area contributed by atoms with E-state index in [1.807, 2.05) is 14.1 Å². The Morgan fingerprint density at radius 2 is 2.08 bits per heavy atom. The Morgan fingerprint density at radius 1 is 1.54 bits per heavy atom. The first-order valence-corrected chi connectivity index (χ1v) is 4.44. The molecule has 1 atom stereocenters. The minimum absolute atomic E-state index is 0.300. The molecule has 0 radical (unpaired) electrons. The van der Waals surface area contributed by atoms with Crippen LogP contribution in [0, 0.1) is 0 Å². The lowest BCUT2D eigenvalue weighted by Gasteiger charge is -2.19. The van der Waals surface area contributed by atoms with E-state index in [0.29, 0.717) is 18.2 Å². The molecule has 3 heteroatoms. The summed E-state index contributed by atoms with van der Waals surface area (Å²) in [6, 6.07) is 0.429. The Hall–Kier alpha value is -0.830. The summed E-state index contributed by atoms with van der Waals surface area (Å²) < 4.78 is 4.96. The molecule has 1 unspecified atom stereocenters. The molecule has 0 fully saturated rings. The largest absolute Gasteiger partial charge is 0.462 e. The van der Waals surface area contributed by atoms with Crippen molar-refractivity contribution in [2.24, 2.45) is 0 Å². The molecule has 76 valence electrons. The molecule has 0 aliphatic carbocycles. The smallest absolute Gasteiger partial charge is 0.333 e. The van der Waals surface area contributed by atoms with Crippen LogP contribution in [0.2, 0.25) is 0 Å². The highest BCUT2D eigenvalue weighted by Gasteiger charge is 2.06. The summed E-state index contributed by atoms with van der Waals surface area (Å²) in [7, 11) is 4.01. The van der Waals surface area contributed by atoms with Gasteiger partial charge in [-0.05, 0) is 34.4 Å². The second-order valence-corrected chi connectivity index (χ2v) is 3.52. The van der Waals surface area contributed by atoms with Gasteiger partial charge < -0.3 is 9.64 Å². The monoisotopic (exact) mass is 185 g/mol. The Labute approximate surface area is 80.4 Å². The highest BCUT2D eigenvalue weighted by molar-refractivity contribution is 5.86. The second-order valence-electron chi connectivity index (χ2n) is 3.52. The fourth-order valence-electron chi connectivity index (χ4n) is 0.704. The summed E-state index contributed by atoms with van der Waals surface area (Å²) in [4.78, 5) is 13.1. The second kappa shape index (κ2) is 5.75. The van der Waals surface area contributed by atoms with Crippen molar-refractivity contribution in [3.63, 3.8) is 0 Å². The van der Waals surface area contributed by atoms with Gasteiger partial charge in [0.1, 0.15) is 0 Å². The molecule has 0 aliphatic heterocycles. The summed E-state index contributed by atoms with van der Waals surface area (Å²) in [5.74, 6) is -0.300. The van der Waals surface area contributed by atoms with E-state index >= 15 is 0 Å². The van der Waals surface area contributed by atoms with Crippen LogP contribution in [-0.2, 0) is 9.53 Å². The predicted molar refractivity (Wildman–Crippen MR) is 53.5 cm³/mol. The van der Waals surface area contributed by atoms with Crippen LogP contribution in [0.4, 0.5) is 0 Å². The zero-order chi connectivity index (χ0) is 10.4. The number of ether oxygens (including phenoxy) is 1. The molecule has 0 saturated heterocycles. The highest BCUT2D eigenvalue weighted by Crippen LogP contribution is 2.00. The van der Waals surface area contributed by atoms with Crippen molar-refractivity contribution in [3.8, 4) is 0 Å². The van der Waals surface area contributed by atoms with Crippen LogP contribution in [0.1, 0.15) is 20.3 Å². The zero-order valence-electron chi connectivity index (χ0n) is 8.96. The van der Waals surface area contributed by atoms with Gasteiger partial charge in [-0.2, -0.15) is 0 Å². The van der Waals surface area contributed by atoms with Crippen molar-refractivity contribution in [3.05, 3.63) is 12.2 Å². The van der Waals surface area contributed by atoms with E-state index in [1.54, 1.807) is 6.92 Å². The fourth-order valence-corrected chi connectivity index (χ4v) is 0.704. The first kappa shape index (κ1) is 12.2. The van der Waals surface area contributed by atoms with E-state index in [9.17, 15) is 4.79 Å². The summed E-state index contributed by atoms with van der Waals surface area (Å²) in [6.45, 7) is 7.71. The minimum atomic E-state index is -0.300. The van der Waals surface area contributed by atoms with E-state index < -0.39 is 0 Å². The third-order valence-electron chi connectivity index (χ3n) is 2.00. The fraction of sp³-hybridized carbons (Fsp3) is 0.700. The van der Waals surface area contributed by atoms with Crippen LogP contribution in [0.15, 0.2) is 12.2 Å². The Kier molecular flexibility index (Phi) is 5.39. The van der Waals surface area contributed by atoms with E-state index in [1.165, 1.54) is 0 Å². The predicted octanol–water partition coefficient (Wildman–Crippen LogP) is 1.45. The van der Waals surface area contributed by atoms with E-state index in [-0.39, 0.29) is 5.97 Å². The van der Waals surface area contributed by atoms with Gasteiger partial charge in [0.25, 0.3) is 0 Å². The molecule has 0 N–H and O–H groups in total. The summed E-state index contributed by atoms with van der Waals surface area (Å²) in [6.07, 6.45) is 0.853. The molecule has 0 aromatic rings. The van der Waals surface area contributed by atoms with Crippen LogP contribution in [-0.4, -0.2) is 37.6 Å². The number of carbonyl (C=O) groups excluding carboxylic acids is 1. The van der Waals surface area contributed by atoms with E-state index in [4.69, 9.17) is 4.74 Å². The van der Waals surface area contributed by atoms with Crippen molar-refractivity contribution in [2.75, 3.05) is 20.7 Å². The lowest BCUT2D eigenvalue weighted by atomic mass is 10.2. The summed E-state index contributed by atoms with van der Waals surface area (Å²) in [5, 5.41) is 0. The molecule has 0 spiro atoms. The van der Waals surface area contributed by atoms with Gasteiger partial charge in [-0.3, -0.25) is 0 Å². The van der Waals surface area contributed by atoms with Crippen LogP contribution in [0.5, 0.6) is 0 Å². The number of hydrogen-bond acceptors (Lipinski definition) is 3. The third kappa shape index (κ3) is 5.42. The number of rotatable bonds is 5. The topological polar surface area (TPSA) is 29.5 Å². The summed E-state index contributed by atoms with van der Waals surface area (Å²) in [5.41, 5.74) is 0.456. The normalized spacial score (nSPS) is 12.7. The maximum atomic E-state index is 11.0. The average Bonchev–Trinajstić information content (AvgIpc) is 2.03. The Morgan fingerprint density at radius 3 is 2.46 bits per heavy atom. The number of hydrogen-bond donors (Lipinski definition) is 0. The standard InChI is InChI=1S/C10H19NO2/c1-8(2)10(12)13-7-6-9(3)11(4)5/h9H,1,6-7H2,2-5H3. The van der Waals surface area contributed by atoms with Gasteiger partial charge in [0.05, 0.1) is 6.61 Å². The van der Waals surface area contributed by atoms with Crippen molar-refractivity contribution < 1.29 is 9.53 Å². The Bertz CT molecular complexity index is 187. The van der Waals surface area contributed by atoms with Crippen molar-refractivity contribution in [1.29, 1.82) is 0 Å². The summed E-state index contributed by atoms with van der Waals surface area (Å²) >= 11 is 0. The number of nitrogens with zero attached hydrogens (tertiary/aromatic N) is 1. The van der Waals surface area contributed by atoms with Gasteiger partial charge >= 0.3 is 5.97 Å². The molecule has 0 rings (SSSR count). The van der Waals surface area contributed by atoms with Crippen molar-refractivity contribution >= 4 is 5.97 Å². The first-order valence-electron chi connectivity index (χ1n) is 4.44. The molecule has 0 aliphatic rings. The van der Waals surface area contributed by atoms with Crippen LogP contribution in [0.25, 0.3) is 0 Å². The van der Waals surface area contributed by atoms with Gasteiger partial charge in [0, 0.05) is 11.6 Å². The lowest BCUT2D eigenvalue weighted by Crippen LogP contribution is -2.26. The first-order chi connectivity index (χ1) is 5.95. The molecule has 0 bridgehead atoms. The van der Waals surface area contributed by atoms with Crippen molar-refractivity contribution in [2.45, 2.75) is 26.3 Å². The average molecular weight is 185 g/mol. The number of esters is 1. The van der Waals surface area contributed by atoms with Gasteiger partial charge in [-0.1, -0.05) is 6.58 Å². The quantitative estimate of drug-likeness (QED) is 0.479. The van der Waals surface area contributed by atoms with Gasteiger partial charge in [-0.15, -0.1) is 0 Å². The van der Waals surface area contributed by atoms with Gasteiger partial charge in [0.15, 0.2) is 0 Å². The third-order valence-corrected chi connectivity index (χ3v) is 2.00. The molecule has 13 heavy (non-hydrogen) atoms. The molecule has 0 aromatic heterocycles. The van der Waals surface area contributed by atoms with Crippen LogP contribution in [0.3, 0.4) is 0 Å². The SMILES string of the molecule is C=C(C)C(=O)OCCC(C)N(C)C. The molecule has 0 saturated carbocycles. The minimum Gasteiger partial charge on any atom is -0.462 e. The maximum Gasteiger partial charge on any atom is 0.333 e. The lowest BCUT2D eigenvalue weighted by molar-refractivity contribution is -0.139. The van der Waals surface area contributed by atoms with Crippen LogP contribution >= 0.6 is 0 Å². The van der Waals surface area contributed by atoms with Gasteiger partial charge in [0.2, 0.25) is 0 Å². The molecule has 3 nitrogen and oxygen atoms in total. The molecule has 0 aromatic carbocycles. The van der Waals surface area contributed by atoms with Gasteiger partial charge in [-0.25, -0.2) is 4.79 Å². The zero-order valence-corrected chi connectivity index (χ0v) is 8.96.